The fourth-order valence-electron chi connectivity index (χ4n) is 6.16. The van der Waals surface area contributed by atoms with E-state index in [0.717, 1.165) is 36.0 Å². The number of aliphatic hydroxyl groups excluding tert-OH is 1. The van der Waals surface area contributed by atoms with Gasteiger partial charge in [0, 0.05) is 43.1 Å². The van der Waals surface area contributed by atoms with Crippen molar-refractivity contribution in [1.82, 2.24) is 10.4 Å². The average Bonchev–Trinajstić information content (AvgIpc) is 3.12. The van der Waals surface area contributed by atoms with E-state index in [4.69, 9.17) is 14.7 Å². The molecule has 1 heterocycles. The fourth-order valence-corrected chi connectivity index (χ4v) is 6.16. The molecule has 254 valence electrons. The molecule has 1 aliphatic rings. The number of likely N-dealkylation sites (N-methyl/N-ethyl adjacent to an activating group) is 1. The SMILES string of the molecule is CC(c1ccc2ccccc2c1)N(C)CC1CC(c2ccc(CO)cc2)OC(c2ccc(NC(=O)CCCCCCC(=O)NO)cc2)O1. The Labute approximate surface area is 282 Å². The van der Waals surface area contributed by atoms with Crippen LogP contribution in [0, 0.1) is 0 Å². The molecule has 4 atom stereocenters. The first-order valence-corrected chi connectivity index (χ1v) is 16.8. The van der Waals surface area contributed by atoms with E-state index in [-0.39, 0.29) is 43.1 Å². The number of benzene rings is 4. The number of hydrogen-bond acceptors (Lipinski definition) is 7. The molecule has 4 N–H and O–H groups in total. The number of fused-ring (bicyclic) bond motifs is 1. The van der Waals surface area contributed by atoms with Crippen LogP contribution in [0.15, 0.2) is 91.0 Å². The molecule has 4 aromatic carbocycles. The van der Waals surface area contributed by atoms with Gasteiger partial charge < -0.3 is 19.9 Å². The molecule has 9 heteroatoms. The van der Waals surface area contributed by atoms with Gasteiger partial charge in [0.15, 0.2) is 6.29 Å². The first-order chi connectivity index (χ1) is 23.3. The lowest BCUT2D eigenvalue weighted by Crippen LogP contribution is -2.38. The zero-order valence-corrected chi connectivity index (χ0v) is 27.8. The standard InChI is InChI=1S/C39H47N3O6/c1-27(32-18-17-29-9-7-8-10-33(29)23-32)42(2)25-35-24-36(30-15-13-28(26-43)14-16-30)48-39(47-35)31-19-21-34(22-20-31)40-37(44)11-5-3-4-6-12-38(45)41-46/h7-10,13-23,27,35-36,39,43,46H,3-6,11-12,24-26H2,1-2H3,(H,40,44)(H,41,45). The number of hydrogen-bond donors (Lipinski definition) is 4. The Bertz CT molecular complexity index is 1630. The molecular formula is C39H47N3O6. The third kappa shape index (κ3) is 9.71. The van der Waals surface area contributed by atoms with E-state index >= 15 is 0 Å². The van der Waals surface area contributed by atoms with Crippen LogP contribution in [-0.4, -0.2) is 46.7 Å². The zero-order valence-electron chi connectivity index (χ0n) is 27.8. The number of nitrogens with zero attached hydrogens (tertiary/aromatic N) is 1. The Morgan fingerprint density at radius 1 is 0.833 bits per heavy atom. The van der Waals surface area contributed by atoms with Crippen LogP contribution in [0.1, 0.15) is 92.6 Å². The normalized spacial score (nSPS) is 18.5. The van der Waals surface area contributed by atoms with E-state index in [1.54, 1.807) is 5.48 Å². The summed E-state index contributed by atoms with van der Waals surface area (Å²) in [5, 5.41) is 23.5. The number of rotatable bonds is 15. The number of nitrogens with one attached hydrogen (secondary N) is 2. The van der Waals surface area contributed by atoms with E-state index < -0.39 is 6.29 Å². The molecule has 0 aromatic heterocycles. The predicted molar refractivity (Wildman–Crippen MR) is 186 cm³/mol. The van der Waals surface area contributed by atoms with Crippen molar-refractivity contribution in [3.05, 3.63) is 113 Å². The molecule has 2 amide bonds. The lowest BCUT2D eigenvalue weighted by atomic mass is 9.98. The Kier molecular flexibility index (Phi) is 12.7. The van der Waals surface area contributed by atoms with Gasteiger partial charge in [0.05, 0.1) is 18.8 Å². The van der Waals surface area contributed by atoms with Crippen molar-refractivity contribution in [2.45, 2.75) is 83.0 Å². The zero-order chi connectivity index (χ0) is 33.9. The predicted octanol–water partition coefficient (Wildman–Crippen LogP) is 7.36. The monoisotopic (exact) mass is 653 g/mol. The molecule has 9 nitrogen and oxygen atoms in total. The van der Waals surface area contributed by atoms with Crippen LogP contribution in [0.3, 0.4) is 0 Å². The van der Waals surface area contributed by atoms with Gasteiger partial charge in [-0.05, 0) is 72.5 Å². The number of carbonyl (C=O) groups excluding carboxylic acids is 2. The molecule has 48 heavy (non-hydrogen) atoms. The number of aliphatic hydroxyl groups is 1. The first-order valence-electron chi connectivity index (χ1n) is 16.8. The summed E-state index contributed by atoms with van der Waals surface area (Å²) in [6, 6.07) is 30.7. The lowest BCUT2D eigenvalue weighted by Gasteiger charge is -2.39. The maximum Gasteiger partial charge on any atom is 0.243 e. The maximum absolute atomic E-state index is 12.5. The summed E-state index contributed by atoms with van der Waals surface area (Å²) in [6.45, 7) is 2.92. The highest BCUT2D eigenvalue weighted by atomic mass is 16.7. The summed E-state index contributed by atoms with van der Waals surface area (Å²) in [5.74, 6) is -0.446. The van der Waals surface area contributed by atoms with Crippen LogP contribution in [0.2, 0.25) is 0 Å². The van der Waals surface area contributed by atoms with Gasteiger partial charge in [-0.3, -0.25) is 19.7 Å². The molecule has 1 saturated heterocycles. The lowest BCUT2D eigenvalue weighted by molar-refractivity contribution is -0.253. The summed E-state index contributed by atoms with van der Waals surface area (Å²) in [5.41, 5.74) is 6.35. The Hall–Kier alpha value is -4.12. The second-order valence-electron chi connectivity index (χ2n) is 12.7. The van der Waals surface area contributed by atoms with Crippen molar-refractivity contribution in [3.63, 3.8) is 0 Å². The highest BCUT2D eigenvalue weighted by Gasteiger charge is 2.33. The number of carbonyl (C=O) groups is 2. The first kappa shape index (κ1) is 35.2. The smallest absolute Gasteiger partial charge is 0.243 e. The van der Waals surface area contributed by atoms with Crippen molar-refractivity contribution in [2.75, 3.05) is 18.9 Å². The van der Waals surface area contributed by atoms with Gasteiger partial charge in [-0.2, -0.15) is 0 Å². The number of anilines is 1. The van der Waals surface area contributed by atoms with E-state index in [0.29, 0.717) is 31.5 Å². The van der Waals surface area contributed by atoms with Crippen LogP contribution in [-0.2, 0) is 25.7 Å². The van der Waals surface area contributed by atoms with Crippen LogP contribution in [0.4, 0.5) is 5.69 Å². The van der Waals surface area contributed by atoms with Crippen molar-refractivity contribution < 1.29 is 29.4 Å². The molecule has 4 unspecified atom stereocenters. The van der Waals surface area contributed by atoms with Crippen LogP contribution in [0.25, 0.3) is 10.8 Å². The second kappa shape index (κ2) is 17.3. The molecule has 0 saturated carbocycles. The number of unbranched alkanes of at least 4 members (excludes halogenated alkanes) is 3. The van der Waals surface area contributed by atoms with Gasteiger partial charge in [0.25, 0.3) is 0 Å². The molecule has 0 radical (unpaired) electrons. The van der Waals surface area contributed by atoms with Crippen LogP contribution < -0.4 is 10.8 Å². The molecule has 1 aliphatic heterocycles. The van der Waals surface area contributed by atoms with E-state index in [1.165, 1.54) is 16.3 Å². The molecule has 4 aromatic rings. The van der Waals surface area contributed by atoms with E-state index in [2.05, 4.69) is 66.7 Å². The third-order valence-electron chi connectivity index (χ3n) is 9.17. The molecule has 0 aliphatic carbocycles. The summed E-state index contributed by atoms with van der Waals surface area (Å²) in [7, 11) is 2.13. The summed E-state index contributed by atoms with van der Waals surface area (Å²) >= 11 is 0. The highest BCUT2D eigenvalue weighted by Crippen LogP contribution is 2.39. The Morgan fingerprint density at radius 3 is 2.19 bits per heavy atom. The van der Waals surface area contributed by atoms with E-state index in [9.17, 15) is 14.7 Å². The number of amides is 2. The number of ether oxygens (including phenoxy) is 2. The minimum atomic E-state index is -0.590. The van der Waals surface area contributed by atoms with Gasteiger partial charge >= 0.3 is 0 Å². The largest absolute Gasteiger partial charge is 0.392 e. The van der Waals surface area contributed by atoms with Crippen molar-refractivity contribution in [3.8, 4) is 0 Å². The van der Waals surface area contributed by atoms with Crippen molar-refractivity contribution in [1.29, 1.82) is 0 Å². The molecular weight excluding hydrogens is 606 g/mol. The van der Waals surface area contributed by atoms with Crippen molar-refractivity contribution in [2.24, 2.45) is 0 Å². The third-order valence-corrected chi connectivity index (χ3v) is 9.17. The minimum Gasteiger partial charge on any atom is -0.392 e. The fraction of sp³-hybridized carbons (Fsp3) is 0.385. The number of hydroxylamine groups is 1. The molecule has 5 rings (SSSR count). The average molecular weight is 654 g/mol. The Morgan fingerprint density at radius 2 is 1.50 bits per heavy atom. The second-order valence-corrected chi connectivity index (χ2v) is 12.7. The maximum atomic E-state index is 12.5. The van der Waals surface area contributed by atoms with E-state index in [1.807, 2.05) is 48.5 Å². The van der Waals surface area contributed by atoms with Gasteiger partial charge in [-0.15, -0.1) is 0 Å². The quantitative estimate of drug-likeness (QED) is 0.0601. The minimum absolute atomic E-state index is 0.00792. The van der Waals surface area contributed by atoms with Gasteiger partial charge in [0.1, 0.15) is 0 Å². The molecule has 0 spiro atoms. The van der Waals surface area contributed by atoms with Crippen LogP contribution in [0.5, 0.6) is 0 Å². The summed E-state index contributed by atoms with van der Waals surface area (Å²) in [6.07, 6.45) is 3.54. The topological polar surface area (TPSA) is 120 Å². The van der Waals surface area contributed by atoms with Crippen LogP contribution >= 0.6 is 0 Å². The molecule has 1 fully saturated rings. The summed E-state index contributed by atoms with van der Waals surface area (Å²) in [4.78, 5) is 25.9. The molecule has 0 bridgehead atoms. The summed E-state index contributed by atoms with van der Waals surface area (Å²) < 4.78 is 13.1. The Balaban J connectivity index is 1.22. The van der Waals surface area contributed by atoms with Gasteiger partial charge in [-0.1, -0.05) is 85.6 Å². The highest BCUT2D eigenvalue weighted by molar-refractivity contribution is 5.90. The van der Waals surface area contributed by atoms with Crippen molar-refractivity contribution >= 4 is 28.3 Å². The van der Waals surface area contributed by atoms with Gasteiger partial charge in [-0.25, -0.2) is 5.48 Å². The van der Waals surface area contributed by atoms with Gasteiger partial charge in [0.2, 0.25) is 11.8 Å².